The summed E-state index contributed by atoms with van der Waals surface area (Å²) in [6.45, 7) is 4.25. The molecule has 0 bridgehead atoms. The molecule has 0 atom stereocenters. The van der Waals surface area contributed by atoms with Gasteiger partial charge >= 0.3 is 0 Å². The molecule has 0 unspecified atom stereocenters. The fraction of sp³-hybridized carbons (Fsp3) is 1.00. The second kappa shape index (κ2) is 16.8. The summed E-state index contributed by atoms with van der Waals surface area (Å²) >= 11 is 0. The second-order valence-electron chi connectivity index (χ2n) is 1.04. The highest BCUT2D eigenvalue weighted by molar-refractivity contribution is 3.92. The zero-order valence-electron chi connectivity index (χ0n) is 5.52. The van der Waals surface area contributed by atoms with Crippen molar-refractivity contribution in [3.63, 3.8) is 0 Å². The van der Waals surface area contributed by atoms with Gasteiger partial charge in [-0.1, -0.05) is 20.3 Å². The fourth-order valence-electron chi connectivity index (χ4n) is 0. The average molecular weight is 106 g/mol. The lowest BCUT2D eigenvalue weighted by molar-refractivity contribution is -0.248. The van der Waals surface area contributed by atoms with Crippen molar-refractivity contribution in [1.82, 2.24) is 0 Å². The summed E-state index contributed by atoms with van der Waals surface area (Å²) in [5.74, 6) is 0. The molecule has 0 N–H and O–H groups in total. The molecular formula is C5H14O2. The molecule has 0 aromatic rings. The van der Waals surface area contributed by atoms with Crippen LogP contribution in [0.1, 0.15) is 20.3 Å². The van der Waals surface area contributed by atoms with Gasteiger partial charge in [-0.05, 0) is 0 Å². The van der Waals surface area contributed by atoms with Gasteiger partial charge in [-0.25, -0.2) is 9.78 Å². The Kier molecular flexibility index (Phi) is 24.1. The smallest absolute Gasteiger partial charge is 0.0712 e. The van der Waals surface area contributed by atoms with Crippen molar-refractivity contribution < 1.29 is 9.78 Å². The van der Waals surface area contributed by atoms with E-state index >= 15 is 0 Å². The minimum Gasteiger partial charge on any atom is -0.240 e. The first-order chi connectivity index (χ1) is 3.33. The molecule has 0 aliphatic heterocycles. The summed E-state index contributed by atoms with van der Waals surface area (Å²) in [5.41, 5.74) is 0. The molecule has 0 aliphatic carbocycles. The van der Waals surface area contributed by atoms with Crippen LogP contribution in [-0.4, -0.2) is 14.2 Å². The van der Waals surface area contributed by atoms with E-state index in [0.29, 0.717) is 0 Å². The quantitative estimate of drug-likeness (QED) is 0.373. The number of hydrogen-bond donors (Lipinski definition) is 0. The first-order valence-corrected chi connectivity index (χ1v) is 2.40. The Morgan fingerprint density at radius 2 is 1.14 bits per heavy atom. The lowest BCUT2D eigenvalue weighted by atomic mass is 10.6. The Morgan fingerprint density at radius 3 is 1.14 bits per heavy atom. The van der Waals surface area contributed by atoms with E-state index < -0.39 is 0 Å². The van der Waals surface area contributed by atoms with Crippen LogP contribution in [0.4, 0.5) is 0 Å². The van der Waals surface area contributed by atoms with Crippen LogP contribution in [0.2, 0.25) is 0 Å². The van der Waals surface area contributed by atoms with Crippen LogP contribution in [-0.2, 0) is 9.78 Å². The molecule has 2 heteroatoms. The first-order valence-electron chi connectivity index (χ1n) is 2.40. The third-order valence-corrected chi connectivity index (χ3v) is 0.167. The van der Waals surface area contributed by atoms with E-state index in [1.54, 1.807) is 0 Å². The third-order valence-electron chi connectivity index (χ3n) is 0.167. The zero-order chi connectivity index (χ0) is 6.12. The predicted octanol–water partition coefficient (Wildman–Crippen LogP) is 1.61. The molecule has 0 saturated heterocycles. The van der Waals surface area contributed by atoms with Crippen LogP contribution in [0.15, 0.2) is 0 Å². The molecule has 0 amide bonds. The van der Waals surface area contributed by atoms with Gasteiger partial charge in [0.2, 0.25) is 0 Å². The Hall–Kier alpha value is -0.0800. The highest BCUT2D eigenvalue weighted by atomic mass is 17.2. The topological polar surface area (TPSA) is 18.5 Å². The molecule has 0 aromatic heterocycles. The van der Waals surface area contributed by atoms with Crippen molar-refractivity contribution in [2.24, 2.45) is 0 Å². The molecule has 0 radical (unpaired) electrons. The minimum absolute atomic E-state index is 1.25. The Balaban J connectivity index is 0. The van der Waals surface area contributed by atoms with E-state index in [2.05, 4.69) is 23.6 Å². The lowest BCUT2D eigenvalue weighted by Gasteiger charge is -1.78. The van der Waals surface area contributed by atoms with E-state index in [1.807, 2.05) is 0 Å². The number of hydrogen-bond acceptors (Lipinski definition) is 2. The molecule has 0 fully saturated rings. The van der Waals surface area contributed by atoms with E-state index in [0.717, 1.165) is 0 Å². The maximum Gasteiger partial charge on any atom is 0.0712 e. The molecule has 0 heterocycles. The van der Waals surface area contributed by atoms with Crippen LogP contribution in [0.5, 0.6) is 0 Å². The van der Waals surface area contributed by atoms with Crippen molar-refractivity contribution in [3.05, 3.63) is 0 Å². The van der Waals surface area contributed by atoms with Gasteiger partial charge < -0.3 is 0 Å². The van der Waals surface area contributed by atoms with Gasteiger partial charge in [0.1, 0.15) is 0 Å². The fourth-order valence-corrected chi connectivity index (χ4v) is 0. The summed E-state index contributed by atoms with van der Waals surface area (Å²) in [4.78, 5) is 8.08. The summed E-state index contributed by atoms with van der Waals surface area (Å²) in [6.07, 6.45) is 1.25. The number of rotatable bonds is 1. The van der Waals surface area contributed by atoms with Gasteiger partial charge in [0.15, 0.2) is 0 Å². The predicted molar refractivity (Wildman–Crippen MR) is 30.0 cm³/mol. The molecule has 7 heavy (non-hydrogen) atoms. The molecule has 46 valence electrons. The van der Waals surface area contributed by atoms with Crippen LogP contribution in [0.25, 0.3) is 0 Å². The Bertz CT molecular complexity index is 13.6. The van der Waals surface area contributed by atoms with E-state index in [4.69, 9.17) is 0 Å². The van der Waals surface area contributed by atoms with Crippen LogP contribution >= 0.6 is 0 Å². The molecule has 0 aromatic carbocycles. The molecule has 0 spiro atoms. The second-order valence-corrected chi connectivity index (χ2v) is 1.04. The monoisotopic (exact) mass is 106 g/mol. The van der Waals surface area contributed by atoms with Gasteiger partial charge in [-0.15, -0.1) is 0 Å². The van der Waals surface area contributed by atoms with E-state index in [9.17, 15) is 0 Å². The summed E-state index contributed by atoms with van der Waals surface area (Å²) in [7, 11) is 2.92. The standard InChI is InChI=1S/C3H8.C2H6O2/c1-3-2;1-3-4-2/h3H2,1-2H3;1-2H3. The average Bonchev–Trinajstić information content (AvgIpc) is 1.69. The van der Waals surface area contributed by atoms with Gasteiger partial charge in [0.25, 0.3) is 0 Å². The molecular weight excluding hydrogens is 92.1 g/mol. The van der Waals surface area contributed by atoms with Gasteiger partial charge in [0, 0.05) is 0 Å². The third kappa shape index (κ3) is 107. The maximum atomic E-state index is 4.04. The SMILES string of the molecule is CCC.COOC. The molecule has 2 nitrogen and oxygen atoms in total. The summed E-state index contributed by atoms with van der Waals surface area (Å²) < 4.78 is 0. The Labute approximate surface area is 45.4 Å². The van der Waals surface area contributed by atoms with Crippen LogP contribution in [0.3, 0.4) is 0 Å². The van der Waals surface area contributed by atoms with E-state index in [-0.39, 0.29) is 0 Å². The zero-order valence-corrected chi connectivity index (χ0v) is 5.52. The Morgan fingerprint density at radius 1 is 1.00 bits per heavy atom. The van der Waals surface area contributed by atoms with Gasteiger partial charge in [-0.2, -0.15) is 0 Å². The minimum atomic E-state index is 1.25. The maximum absolute atomic E-state index is 4.04. The van der Waals surface area contributed by atoms with Crippen LogP contribution < -0.4 is 0 Å². The van der Waals surface area contributed by atoms with E-state index in [1.165, 1.54) is 20.6 Å². The highest BCUT2D eigenvalue weighted by Gasteiger charge is 1.47. The first kappa shape index (κ1) is 10.0. The van der Waals surface area contributed by atoms with Gasteiger partial charge in [0.05, 0.1) is 14.2 Å². The highest BCUT2D eigenvalue weighted by Crippen LogP contribution is 1.56. The van der Waals surface area contributed by atoms with Crippen LogP contribution in [0, 0.1) is 0 Å². The van der Waals surface area contributed by atoms with Gasteiger partial charge in [-0.3, -0.25) is 0 Å². The van der Waals surface area contributed by atoms with Crippen molar-refractivity contribution in [2.75, 3.05) is 14.2 Å². The van der Waals surface area contributed by atoms with Crippen molar-refractivity contribution in [3.8, 4) is 0 Å². The van der Waals surface area contributed by atoms with Crippen molar-refractivity contribution >= 4 is 0 Å². The lowest BCUT2D eigenvalue weighted by Crippen LogP contribution is -1.72. The summed E-state index contributed by atoms with van der Waals surface area (Å²) in [5, 5.41) is 0. The van der Waals surface area contributed by atoms with Crippen molar-refractivity contribution in [1.29, 1.82) is 0 Å². The van der Waals surface area contributed by atoms with Crippen molar-refractivity contribution in [2.45, 2.75) is 20.3 Å². The normalized spacial score (nSPS) is 6.86. The molecule has 0 rings (SSSR count). The summed E-state index contributed by atoms with van der Waals surface area (Å²) in [6, 6.07) is 0. The molecule has 0 saturated carbocycles. The largest absolute Gasteiger partial charge is 0.240 e. The molecule has 0 aliphatic rings.